The number of likely N-dealkylation sites (N-methyl/N-ethyl adjacent to an activating group) is 1. The summed E-state index contributed by atoms with van der Waals surface area (Å²) in [5.74, 6) is 0.608. The molecule has 4 aliphatic rings. The van der Waals surface area contributed by atoms with Gasteiger partial charge in [-0.2, -0.15) is 0 Å². The fourth-order valence-electron chi connectivity index (χ4n) is 6.60. The van der Waals surface area contributed by atoms with Gasteiger partial charge in [0, 0.05) is 34.7 Å². The monoisotopic (exact) mass is 404 g/mol. The number of benzene rings is 1. The first-order chi connectivity index (χ1) is 13.9. The third-order valence-corrected chi connectivity index (χ3v) is 7.80. The van der Waals surface area contributed by atoms with E-state index >= 15 is 0 Å². The number of aliphatic carboxylic acids is 1. The SMILES string of the molecule is COc1cc(O)c2c3c1C[C@@H]1[C@@H]4CC[C@@H](N[C@@H](CO)C(=O)O)[C@H](O2)[C@]34CCN1C. The van der Waals surface area contributed by atoms with E-state index in [1.807, 2.05) is 0 Å². The van der Waals surface area contributed by atoms with Gasteiger partial charge in [-0.05, 0) is 45.2 Å². The van der Waals surface area contributed by atoms with Crippen molar-refractivity contribution in [1.82, 2.24) is 10.2 Å². The predicted octanol–water partition coefficient (Wildman–Crippen LogP) is 0.474. The number of phenols is 1. The fourth-order valence-corrected chi connectivity index (χ4v) is 6.60. The van der Waals surface area contributed by atoms with Crippen LogP contribution in [0.15, 0.2) is 6.07 Å². The third kappa shape index (κ3) is 2.39. The molecule has 158 valence electrons. The number of hydrogen-bond donors (Lipinski definition) is 4. The van der Waals surface area contributed by atoms with Gasteiger partial charge in [0.2, 0.25) is 0 Å². The summed E-state index contributed by atoms with van der Waals surface area (Å²) in [6, 6.07) is 0.746. The van der Waals surface area contributed by atoms with E-state index in [1.165, 1.54) is 0 Å². The lowest BCUT2D eigenvalue weighted by Gasteiger charge is -2.59. The van der Waals surface area contributed by atoms with Crippen LogP contribution in [0.2, 0.25) is 0 Å². The van der Waals surface area contributed by atoms with Crippen LogP contribution in [0.3, 0.4) is 0 Å². The van der Waals surface area contributed by atoms with Crippen molar-refractivity contribution >= 4 is 5.97 Å². The molecule has 0 amide bonds. The number of carboxylic acid groups (broad SMARTS) is 1. The Balaban J connectivity index is 1.65. The average molecular weight is 404 g/mol. The number of methoxy groups -OCH3 is 1. The molecule has 29 heavy (non-hydrogen) atoms. The van der Waals surface area contributed by atoms with Crippen LogP contribution in [0, 0.1) is 5.92 Å². The standard InChI is InChI=1S/C21H28N2O6/c1-23-6-5-21-11-3-4-12(22-13(9-24)20(26)27)19(21)29-18-15(25)8-16(28-2)10(17(18)21)7-14(11)23/h8,11-14,19,22,24-25H,3-7,9H2,1-2H3,(H,26,27)/t11-,12+,13-,14+,19-,21-/m0/s1. The van der Waals surface area contributed by atoms with Crippen molar-refractivity contribution < 1.29 is 29.6 Å². The minimum atomic E-state index is -1.07. The van der Waals surface area contributed by atoms with Crippen molar-refractivity contribution in [2.45, 2.75) is 55.3 Å². The molecular weight excluding hydrogens is 376 g/mol. The summed E-state index contributed by atoms with van der Waals surface area (Å²) >= 11 is 0. The van der Waals surface area contributed by atoms with Crippen LogP contribution in [-0.2, 0) is 16.6 Å². The Hall–Kier alpha value is -2.03. The highest BCUT2D eigenvalue weighted by atomic mass is 16.5. The van der Waals surface area contributed by atoms with E-state index in [2.05, 4.69) is 17.3 Å². The number of ether oxygens (including phenoxy) is 2. The Morgan fingerprint density at radius 1 is 1.48 bits per heavy atom. The molecule has 6 atom stereocenters. The van der Waals surface area contributed by atoms with E-state index in [4.69, 9.17) is 9.47 Å². The number of carbonyl (C=O) groups is 1. The zero-order chi connectivity index (χ0) is 20.5. The number of aliphatic hydroxyl groups excluding tert-OH is 1. The molecule has 8 heteroatoms. The Labute approximate surface area is 169 Å². The normalized spacial score (nSPS) is 35.6. The van der Waals surface area contributed by atoms with Crippen LogP contribution in [0.5, 0.6) is 17.2 Å². The lowest BCUT2D eigenvalue weighted by molar-refractivity contribution is -0.141. The van der Waals surface area contributed by atoms with E-state index in [-0.39, 0.29) is 23.3 Å². The minimum absolute atomic E-state index is 0.0798. The van der Waals surface area contributed by atoms with Crippen LogP contribution < -0.4 is 14.8 Å². The van der Waals surface area contributed by atoms with Gasteiger partial charge in [-0.3, -0.25) is 10.1 Å². The molecule has 2 fully saturated rings. The first kappa shape index (κ1) is 19.0. The molecule has 1 saturated carbocycles. The van der Waals surface area contributed by atoms with Crippen LogP contribution in [0.4, 0.5) is 0 Å². The molecular formula is C21H28N2O6. The number of aliphatic hydroxyl groups is 1. The van der Waals surface area contributed by atoms with Crippen LogP contribution >= 0.6 is 0 Å². The van der Waals surface area contributed by atoms with Crippen LogP contribution in [0.25, 0.3) is 0 Å². The molecule has 8 nitrogen and oxygen atoms in total. The van der Waals surface area contributed by atoms with E-state index in [9.17, 15) is 20.1 Å². The van der Waals surface area contributed by atoms with Crippen LogP contribution in [-0.4, -0.2) is 77.7 Å². The van der Waals surface area contributed by atoms with Gasteiger partial charge < -0.3 is 29.7 Å². The quantitative estimate of drug-likeness (QED) is 0.561. The van der Waals surface area contributed by atoms with Gasteiger partial charge >= 0.3 is 5.97 Å². The number of nitrogens with zero attached hydrogens (tertiary/aromatic N) is 1. The van der Waals surface area contributed by atoms with Crippen molar-refractivity contribution in [3.63, 3.8) is 0 Å². The fraction of sp³-hybridized carbons (Fsp3) is 0.667. The second-order valence-electron chi connectivity index (χ2n) is 8.89. The van der Waals surface area contributed by atoms with Gasteiger partial charge in [-0.25, -0.2) is 0 Å². The summed E-state index contributed by atoms with van der Waals surface area (Å²) in [6.45, 7) is 0.449. The maximum atomic E-state index is 11.5. The number of rotatable bonds is 5. The zero-order valence-corrected chi connectivity index (χ0v) is 16.7. The molecule has 4 N–H and O–H groups in total. The van der Waals surface area contributed by atoms with Crippen molar-refractivity contribution in [2.75, 3.05) is 27.3 Å². The number of hydrogen-bond acceptors (Lipinski definition) is 7. The molecule has 0 unspecified atom stereocenters. The summed E-state index contributed by atoms with van der Waals surface area (Å²) in [4.78, 5) is 13.9. The molecule has 2 bridgehead atoms. The summed E-state index contributed by atoms with van der Waals surface area (Å²) in [6.07, 6.45) is 3.18. The van der Waals surface area contributed by atoms with Gasteiger partial charge in [0.05, 0.1) is 13.7 Å². The third-order valence-electron chi connectivity index (χ3n) is 7.80. The highest BCUT2D eigenvalue weighted by Crippen LogP contribution is 2.65. The maximum Gasteiger partial charge on any atom is 0.323 e. The first-order valence-corrected chi connectivity index (χ1v) is 10.3. The molecule has 1 aromatic carbocycles. The number of carboxylic acids is 1. The summed E-state index contributed by atoms with van der Waals surface area (Å²) in [5.41, 5.74) is 1.89. The van der Waals surface area contributed by atoms with E-state index < -0.39 is 18.6 Å². The highest BCUT2D eigenvalue weighted by Gasteiger charge is 2.66. The molecule has 2 aliphatic heterocycles. The van der Waals surface area contributed by atoms with Gasteiger partial charge in [-0.15, -0.1) is 0 Å². The lowest BCUT2D eigenvalue weighted by atomic mass is 9.51. The molecule has 2 aliphatic carbocycles. The largest absolute Gasteiger partial charge is 0.504 e. The molecule has 0 radical (unpaired) electrons. The van der Waals surface area contributed by atoms with Gasteiger partial charge in [0.1, 0.15) is 17.9 Å². The smallest absolute Gasteiger partial charge is 0.323 e. The molecule has 1 aromatic rings. The minimum Gasteiger partial charge on any atom is -0.504 e. The second-order valence-corrected chi connectivity index (χ2v) is 8.89. The van der Waals surface area contributed by atoms with Crippen LogP contribution in [0.1, 0.15) is 30.4 Å². The average Bonchev–Trinajstić information content (AvgIpc) is 3.05. The Kier molecular flexibility index (Phi) is 4.24. The zero-order valence-electron chi connectivity index (χ0n) is 16.7. The Bertz CT molecular complexity index is 860. The summed E-state index contributed by atoms with van der Waals surface area (Å²) in [7, 11) is 3.79. The van der Waals surface area contributed by atoms with E-state index in [0.717, 1.165) is 43.4 Å². The topological polar surface area (TPSA) is 111 Å². The Morgan fingerprint density at radius 2 is 2.28 bits per heavy atom. The lowest BCUT2D eigenvalue weighted by Crippen LogP contribution is -2.69. The number of phenolic OH excluding ortho intramolecular Hbond substituents is 1. The number of piperidine rings is 1. The van der Waals surface area contributed by atoms with Crippen molar-refractivity contribution in [3.05, 3.63) is 17.2 Å². The van der Waals surface area contributed by atoms with Crippen molar-refractivity contribution in [1.29, 1.82) is 0 Å². The second kappa shape index (κ2) is 6.48. The Morgan fingerprint density at radius 3 is 2.97 bits per heavy atom. The number of likely N-dealkylation sites (tertiary alicyclic amines) is 1. The molecule has 1 spiro atoms. The molecule has 1 saturated heterocycles. The van der Waals surface area contributed by atoms with E-state index in [0.29, 0.717) is 23.5 Å². The van der Waals surface area contributed by atoms with E-state index in [1.54, 1.807) is 13.2 Å². The summed E-state index contributed by atoms with van der Waals surface area (Å²) in [5, 5.41) is 32.8. The van der Waals surface area contributed by atoms with Gasteiger partial charge in [-0.1, -0.05) is 0 Å². The maximum absolute atomic E-state index is 11.5. The van der Waals surface area contributed by atoms with Crippen molar-refractivity contribution in [3.8, 4) is 17.2 Å². The molecule has 0 aromatic heterocycles. The van der Waals surface area contributed by atoms with Crippen molar-refractivity contribution in [2.24, 2.45) is 5.92 Å². The molecule has 2 heterocycles. The number of nitrogens with one attached hydrogen (secondary N) is 1. The highest BCUT2D eigenvalue weighted by molar-refractivity contribution is 5.73. The predicted molar refractivity (Wildman–Crippen MR) is 104 cm³/mol. The first-order valence-electron chi connectivity index (χ1n) is 10.3. The van der Waals surface area contributed by atoms with Gasteiger partial charge in [0.15, 0.2) is 11.5 Å². The molecule has 5 rings (SSSR count). The summed E-state index contributed by atoms with van der Waals surface area (Å²) < 4.78 is 12.0. The number of aromatic hydroxyl groups is 1. The van der Waals surface area contributed by atoms with Gasteiger partial charge in [0.25, 0.3) is 0 Å².